The van der Waals surface area contributed by atoms with Crippen molar-refractivity contribution in [3.63, 3.8) is 0 Å². The van der Waals surface area contributed by atoms with Gasteiger partial charge in [0, 0.05) is 19.3 Å². The van der Waals surface area contributed by atoms with E-state index in [-0.39, 0.29) is 37.5 Å². The Hall–Kier alpha value is -3.15. The molecule has 0 N–H and O–H groups in total. The Morgan fingerprint density at radius 1 is 0.290 bits per heavy atom. The lowest BCUT2D eigenvalue weighted by Gasteiger charge is -2.18. The van der Waals surface area contributed by atoms with Gasteiger partial charge >= 0.3 is 17.9 Å². The smallest absolute Gasteiger partial charge is 0.306 e. The number of hydrogen-bond acceptors (Lipinski definition) is 6. The minimum absolute atomic E-state index is 0.0966. The van der Waals surface area contributed by atoms with E-state index in [9.17, 15) is 14.4 Å². The Kier molecular flexibility index (Phi) is 54.8. The van der Waals surface area contributed by atoms with Crippen LogP contribution in [-0.4, -0.2) is 37.2 Å². The fourth-order valence-corrected chi connectivity index (χ4v) is 8.19. The minimum Gasteiger partial charge on any atom is -0.462 e. The largest absolute Gasteiger partial charge is 0.462 e. The quantitative estimate of drug-likeness (QED) is 0.0262. The highest BCUT2D eigenvalue weighted by atomic mass is 16.6. The van der Waals surface area contributed by atoms with Crippen LogP contribution in [0.4, 0.5) is 0 Å². The summed E-state index contributed by atoms with van der Waals surface area (Å²) in [5.74, 6) is -0.956. The van der Waals surface area contributed by atoms with Crippen LogP contribution in [0.25, 0.3) is 0 Å². The molecule has 0 amide bonds. The van der Waals surface area contributed by atoms with Gasteiger partial charge in [-0.1, -0.05) is 235 Å². The van der Waals surface area contributed by atoms with Crippen LogP contribution in [0.5, 0.6) is 0 Å². The van der Waals surface area contributed by atoms with Gasteiger partial charge in [-0.25, -0.2) is 0 Å². The Morgan fingerprint density at radius 2 is 0.536 bits per heavy atom. The third kappa shape index (κ3) is 55.6. The normalized spacial score (nSPS) is 12.6. The van der Waals surface area contributed by atoms with Gasteiger partial charge in [-0.3, -0.25) is 14.4 Å². The highest BCUT2D eigenvalue weighted by Crippen LogP contribution is 2.15. The second-order valence-corrected chi connectivity index (χ2v) is 19.5. The summed E-state index contributed by atoms with van der Waals surface area (Å²) in [6.45, 7) is 6.57. The van der Waals surface area contributed by atoms with Gasteiger partial charge in [-0.05, 0) is 109 Å². The van der Waals surface area contributed by atoms with E-state index in [0.717, 1.165) is 70.6 Å². The van der Waals surface area contributed by atoms with Gasteiger partial charge in [-0.15, -0.1) is 0 Å². The first kappa shape index (κ1) is 65.8. The van der Waals surface area contributed by atoms with Crippen molar-refractivity contribution in [2.24, 2.45) is 0 Å². The maximum Gasteiger partial charge on any atom is 0.306 e. The van der Waals surface area contributed by atoms with Gasteiger partial charge in [-0.2, -0.15) is 0 Å². The molecule has 398 valence electrons. The van der Waals surface area contributed by atoms with E-state index in [1.54, 1.807) is 0 Å². The summed E-state index contributed by atoms with van der Waals surface area (Å²) in [6.07, 6.45) is 73.2. The lowest BCUT2D eigenvalue weighted by Crippen LogP contribution is -2.30. The van der Waals surface area contributed by atoms with E-state index in [2.05, 4.69) is 93.7 Å². The van der Waals surface area contributed by atoms with Crippen molar-refractivity contribution >= 4 is 17.9 Å². The second-order valence-electron chi connectivity index (χ2n) is 19.5. The van der Waals surface area contributed by atoms with E-state index in [4.69, 9.17) is 14.2 Å². The summed E-state index contributed by atoms with van der Waals surface area (Å²) in [5, 5.41) is 0. The lowest BCUT2D eigenvalue weighted by molar-refractivity contribution is -0.167. The van der Waals surface area contributed by atoms with Crippen molar-refractivity contribution < 1.29 is 28.6 Å². The molecular formula is C63H110O6. The first-order chi connectivity index (χ1) is 34.0. The maximum atomic E-state index is 12.9. The van der Waals surface area contributed by atoms with Gasteiger partial charge in [0.15, 0.2) is 6.10 Å². The summed E-state index contributed by atoms with van der Waals surface area (Å²) in [5.41, 5.74) is 0. The molecule has 0 fully saturated rings. The van der Waals surface area contributed by atoms with E-state index in [1.165, 1.54) is 173 Å². The van der Waals surface area contributed by atoms with Crippen LogP contribution in [0.2, 0.25) is 0 Å². The molecule has 0 aromatic rings. The lowest BCUT2D eigenvalue weighted by atomic mass is 10.1. The molecule has 0 spiro atoms. The third-order valence-electron chi connectivity index (χ3n) is 12.7. The highest BCUT2D eigenvalue weighted by Gasteiger charge is 2.19. The molecule has 0 heterocycles. The van der Waals surface area contributed by atoms with E-state index < -0.39 is 6.10 Å². The Bertz CT molecular complexity index is 1290. The summed E-state index contributed by atoms with van der Waals surface area (Å²) < 4.78 is 16.8. The summed E-state index contributed by atoms with van der Waals surface area (Å²) in [7, 11) is 0. The standard InChI is InChI=1S/C63H110O6/c1-4-7-10-13-16-19-22-25-28-30-31-33-36-39-42-45-48-51-54-57-63(66)69-60(58-67-61(64)55-52-49-46-43-40-37-34-27-24-21-18-15-12-9-6-3)59-68-62(65)56-53-50-47-44-41-38-35-32-29-26-23-20-17-14-11-8-5-2/h17,20,25-29,34-35,38,44,47,60H,4-16,18-19,21-24,30-33,36-37,39-43,45-46,48-59H2,1-3H3/b20-17-,28-25-,29-26-,34-27-,38-35-,47-44-/t60-/m0/s1. The number of rotatable bonds is 53. The topological polar surface area (TPSA) is 78.9 Å². The minimum atomic E-state index is -0.802. The molecule has 0 aliphatic carbocycles. The van der Waals surface area contributed by atoms with Crippen LogP contribution >= 0.6 is 0 Å². The first-order valence-corrected chi connectivity index (χ1v) is 29.4. The van der Waals surface area contributed by atoms with Crippen molar-refractivity contribution in [1.82, 2.24) is 0 Å². The summed E-state index contributed by atoms with van der Waals surface area (Å²) >= 11 is 0. The number of unbranched alkanes of at least 4 members (excludes halogenated alkanes) is 30. The molecule has 1 atom stereocenters. The third-order valence-corrected chi connectivity index (χ3v) is 12.7. The molecule has 0 rings (SSSR count). The number of esters is 3. The molecule has 0 aromatic carbocycles. The fourth-order valence-electron chi connectivity index (χ4n) is 8.19. The molecule has 0 unspecified atom stereocenters. The fraction of sp³-hybridized carbons (Fsp3) is 0.762. The summed E-state index contributed by atoms with van der Waals surface area (Å²) in [6, 6.07) is 0. The average Bonchev–Trinajstić information content (AvgIpc) is 3.35. The summed E-state index contributed by atoms with van der Waals surface area (Å²) in [4.78, 5) is 38.2. The zero-order chi connectivity index (χ0) is 50.0. The average molecular weight is 964 g/mol. The molecule has 69 heavy (non-hydrogen) atoms. The molecule has 0 aliphatic rings. The van der Waals surface area contributed by atoms with Gasteiger partial charge in [0.05, 0.1) is 0 Å². The predicted molar refractivity (Wildman–Crippen MR) is 298 cm³/mol. The highest BCUT2D eigenvalue weighted by molar-refractivity contribution is 5.71. The second kappa shape index (κ2) is 57.4. The Morgan fingerprint density at radius 3 is 0.913 bits per heavy atom. The van der Waals surface area contributed by atoms with Gasteiger partial charge in [0.25, 0.3) is 0 Å². The number of hydrogen-bond donors (Lipinski definition) is 0. The number of carbonyl (C=O) groups is 3. The molecule has 6 nitrogen and oxygen atoms in total. The van der Waals surface area contributed by atoms with E-state index in [1.807, 2.05) is 0 Å². The number of carbonyl (C=O) groups excluding carboxylic acids is 3. The van der Waals surface area contributed by atoms with Crippen molar-refractivity contribution in [3.8, 4) is 0 Å². The van der Waals surface area contributed by atoms with Crippen LogP contribution in [-0.2, 0) is 28.6 Å². The van der Waals surface area contributed by atoms with Crippen molar-refractivity contribution in [2.75, 3.05) is 13.2 Å². The number of ether oxygens (including phenoxy) is 3. The Labute approximate surface area is 427 Å². The monoisotopic (exact) mass is 963 g/mol. The molecule has 0 aromatic heterocycles. The van der Waals surface area contributed by atoms with Crippen molar-refractivity contribution in [1.29, 1.82) is 0 Å². The molecule has 0 aliphatic heterocycles. The maximum absolute atomic E-state index is 12.9. The van der Waals surface area contributed by atoms with Crippen LogP contribution in [0, 0.1) is 0 Å². The number of allylic oxidation sites excluding steroid dienone is 12. The van der Waals surface area contributed by atoms with E-state index in [0.29, 0.717) is 19.3 Å². The first-order valence-electron chi connectivity index (χ1n) is 29.4. The van der Waals surface area contributed by atoms with E-state index >= 15 is 0 Å². The predicted octanol–water partition coefficient (Wildman–Crippen LogP) is 19.8. The molecule has 0 saturated heterocycles. The zero-order valence-corrected chi connectivity index (χ0v) is 45.6. The van der Waals surface area contributed by atoms with Crippen LogP contribution < -0.4 is 0 Å². The molecule has 0 bridgehead atoms. The zero-order valence-electron chi connectivity index (χ0n) is 45.6. The molecule has 0 radical (unpaired) electrons. The molecule has 0 saturated carbocycles. The van der Waals surface area contributed by atoms with Crippen LogP contribution in [0.15, 0.2) is 72.9 Å². The van der Waals surface area contributed by atoms with Gasteiger partial charge in [0.2, 0.25) is 0 Å². The van der Waals surface area contributed by atoms with Crippen LogP contribution in [0.3, 0.4) is 0 Å². The molecule has 6 heteroatoms. The van der Waals surface area contributed by atoms with Crippen molar-refractivity contribution in [3.05, 3.63) is 72.9 Å². The SMILES string of the molecule is CCCCC/C=C\C/C=C\C/C=C\C/C=C\CCCC(=O)OC[C@H](COC(=O)CCCCCCC/C=C\CCCCCCCC)OC(=O)CCCCCCCCCCC/C=C\CCCCCCCC. The van der Waals surface area contributed by atoms with Gasteiger partial charge < -0.3 is 14.2 Å². The van der Waals surface area contributed by atoms with Crippen molar-refractivity contribution in [2.45, 2.75) is 297 Å². The van der Waals surface area contributed by atoms with Gasteiger partial charge in [0.1, 0.15) is 13.2 Å². The Balaban J connectivity index is 4.46. The molecular weight excluding hydrogens is 853 g/mol. The van der Waals surface area contributed by atoms with Crippen LogP contribution in [0.1, 0.15) is 290 Å².